The van der Waals surface area contributed by atoms with Crippen LogP contribution < -0.4 is 5.32 Å². The first-order valence-electron chi connectivity index (χ1n) is 9.02. The van der Waals surface area contributed by atoms with Crippen molar-refractivity contribution in [2.24, 2.45) is 7.05 Å². The first kappa shape index (κ1) is 18.0. The molecule has 1 aromatic heterocycles. The SMILES string of the molecule is Cc1ccc(-c2nnc(SCC(=O)NC3CCCCCC3)n2C)cc1. The summed E-state index contributed by atoms with van der Waals surface area (Å²) >= 11 is 1.44. The molecule has 2 aromatic rings. The van der Waals surface area contributed by atoms with Crippen molar-refractivity contribution >= 4 is 17.7 Å². The monoisotopic (exact) mass is 358 g/mol. The third kappa shape index (κ3) is 4.84. The lowest BCUT2D eigenvalue weighted by Gasteiger charge is -2.15. The van der Waals surface area contributed by atoms with E-state index >= 15 is 0 Å². The maximum absolute atomic E-state index is 12.2. The fraction of sp³-hybridized carbons (Fsp3) is 0.526. The molecule has 1 N–H and O–H groups in total. The van der Waals surface area contributed by atoms with E-state index in [-0.39, 0.29) is 5.91 Å². The highest BCUT2D eigenvalue weighted by molar-refractivity contribution is 7.99. The molecule has 6 heteroatoms. The molecule has 0 spiro atoms. The summed E-state index contributed by atoms with van der Waals surface area (Å²) in [7, 11) is 1.95. The van der Waals surface area contributed by atoms with Crippen LogP contribution in [0.3, 0.4) is 0 Å². The minimum absolute atomic E-state index is 0.0942. The third-order valence-corrected chi connectivity index (χ3v) is 5.72. The Morgan fingerprint density at radius 3 is 2.52 bits per heavy atom. The van der Waals surface area contributed by atoms with Gasteiger partial charge in [-0.05, 0) is 19.8 Å². The van der Waals surface area contributed by atoms with Crippen LogP contribution in [0.1, 0.15) is 44.1 Å². The van der Waals surface area contributed by atoms with Crippen molar-refractivity contribution in [1.82, 2.24) is 20.1 Å². The number of hydrogen-bond donors (Lipinski definition) is 1. The lowest BCUT2D eigenvalue weighted by atomic mass is 10.1. The number of benzene rings is 1. The highest BCUT2D eigenvalue weighted by atomic mass is 32.2. The normalized spacial score (nSPS) is 15.8. The van der Waals surface area contributed by atoms with Crippen molar-refractivity contribution in [3.8, 4) is 11.4 Å². The van der Waals surface area contributed by atoms with Gasteiger partial charge in [-0.1, -0.05) is 67.3 Å². The smallest absolute Gasteiger partial charge is 0.230 e. The van der Waals surface area contributed by atoms with Gasteiger partial charge in [-0.15, -0.1) is 10.2 Å². The van der Waals surface area contributed by atoms with Crippen LogP contribution in [0.15, 0.2) is 29.4 Å². The standard InChI is InChI=1S/C19H26N4OS/c1-14-9-11-15(12-10-14)18-21-22-19(23(18)2)25-13-17(24)20-16-7-5-3-4-6-8-16/h9-12,16H,3-8,13H2,1-2H3,(H,20,24). The van der Waals surface area contributed by atoms with Crippen molar-refractivity contribution in [3.05, 3.63) is 29.8 Å². The molecule has 1 aromatic carbocycles. The topological polar surface area (TPSA) is 59.8 Å². The minimum Gasteiger partial charge on any atom is -0.353 e. The molecule has 0 saturated heterocycles. The first-order valence-corrected chi connectivity index (χ1v) is 10.0. The highest BCUT2D eigenvalue weighted by Crippen LogP contribution is 2.23. The zero-order chi connectivity index (χ0) is 17.6. The number of hydrogen-bond acceptors (Lipinski definition) is 4. The fourth-order valence-corrected chi connectivity index (χ4v) is 3.94. The summed E-state index contributed by atoms with van der Waals surface area (Å²) in [5.41, 5.74) is 2.26. The molecule has 1 heterocycles. The number of aryl methyl sites for hydroxylation is 1. The Labute approximate surface area is 153 Å². The Bertz CT molecular complexity index is 703. The maximum atomic E-state index is 12.2. The molecule has 0 radical (unpaired) electrons. The average molecular weight is 359 g/mol. The lowest BCUT2D eigenvalue weighted by Crippen LogP contribution is -2.35. The van der Waals surface area contributed by atoms with Crippen LogP contribution in [0, 0.1) is 6.92 Å². The quantitative estimate of drug-likeness (QED) is 0.654. The Hall–Kier alpha value is -1.82. The highest BCUT2D eigenvalue weighted by Gasteiger charge is 2.16. The molecule has 5 nitrogen and oxygen atoms in total. The van der Waals surface area contributed by atoms with Crippen molar-refractivity contribution in [3.63, 3.8) is 0 Å². The Morgan fingerprint density at radius 2 is 1.84 bits per heavy atom. The number of aromatic nitrogens is 3. The molecule has 134 valence electrons. The molecular weight excluding hydrogens is 332 g/mol. The maximum Gasteiger partial charge on any atom is 0.230 e. The van der Waals surface area contributed by atoms with Crippen LogP contribution in [0.5, 0.6) is 0 Å². The van der Waals surface area contributed by atoms with Gasteiger partial charge < -0.3 is 9.88 Å². The van der Waals surface area contributed by atoms with E-state index < -0.39 is 0 Å². The second kappa shape index (κ2) is 8.52. The van der Waals surface area contributed by atoms with E-state index in [1.54, 1.807) is 0 Å². The Kier molecular flexibility index (Phi) is 6.13. The van der Waals surface area contributed by atoms with Crippen molar-refractivity contribution in [2.75, 3.05) is 5.75 Å². The Balaban J connectivity index is 1.56. The zero-order valence-corrected chi connectivity index (χ0v) is 15.8. The summed E-state index contributed by atoms with van der Waals surface area (Å²) in [5.74, 6) is 1.31. The molecule has 1 aliphatic rings. The molecule has 1 amide bonds. The minimum atomic E-state index is 0.0942. The van der Waals surface area contributed by atoms with Crippen LogP contribution in [0.4, 0.5) is 0 Å². The summed E-state index contributed by atoms with van der Waals surface area (Å²) < 4.78 is 1.95. The second-order valence-corrected chi connectivity index (χ2v) is 7.72. The van der Waals surface area contributed by atoms with Gasteiger partial charge in [-0.25, -0.2) is 0 Å². The van der Waals surface area contributed by atoms with Gasteiger partial charge in [0.05, 0.1) is 5.75 Å². The summed E-state index contributed by atoms with van der Waals surface area (Å²) in [6.07, 6.45) is 7.25. The fourth-order valence-electron chi connectivity index (χ4n) is 3.22. The molecule has 25 heavy (non-hydrogen) atoms. The van der Waals surface area contributed by atoms with Crippen LogP contribution in [0.2, 0.25) is 0 Å². The number of carbonyl (C=O) groups excluding carboxylic acids is 1. The van der Waals surface area contributed by atoms with Gasteiger partial charge in [-0.3, -0.25) is 4.79 Å². The summed E-state index contributed by atoms with van der Waals surface area (Å²) in [6.45, 7) is 2.06. The van der Waals surface area contributed by atoms with Gasteiger partial charge in [-0.2, -0.15) is 0 Å². The molecule has 0 bridgehead atoms. The van der Waals surface area contributed by atoms with Gasteiger partial charge >= 0.3 is 0 Å². The molecular formula is C19H26N4OS. The van der Waals surface area contributed by atoms with Gasteiger partial charge in [0.25, 0.3) is 0 Å². The predicted molar refractivity (Wildman–Crippen MR) is 102 cm³/mol. The van der Waals surface area contributed by atoms with Gasteiger partial charge in [0.2, 0.25) is 5.91 Å². The van der Waals surface area contributed by atoms with E-state index in [0.29, 0.717) is 11.8 Å². The first-order chi connectivity index (χ1) is 12.1. The average Bonchev–Trinajstić information content (AvgIpc) is 2.80. The van der Waals surface area contributed by atoms with E-state index in [1.807, 2.05) is 23.7 Å². The van der Waals surface area contributed by atoms with E-state index in [0.717, 1.165) is 29.4 Å². The number of nitrogens with one attached hydrogen (secondary N) is 1. The zero-order valence-electron chi connectivity index (χ0n) is 15.0. The van der Waals surface area contributed by atoms with Crippen LogP contribution in [-0.2, 0) is 11.8 Å². The van der Waals surface area contributed by atoms with E-state index in [9.17, 15) is 4.79 Å². The summed E-state index contributed by atoms with van der Waals surface area (Å²) in [6, 6.07) is 8.57. The van der Waals surface area contributed by atoms with E-state index in [1.165, 1.54) is 43.0 Å². The predicted octanol–water partition coefficient (Wildman–Crippen LogP) is 3.72. The van der Waals surface area contributed by atoms with Crippen LogP contribution >= 0.6 is 11.8 Å². The number of nitrogens with zero attached hydrogens (tertiary/aromatic N) is 3. The molecule has 1 saturated carbocycles. The molecule has 3 rings (SSSR count). The van der Waals surface area contributed by atoms with Gasteiger partial charge in [0.15, 0.2) is 11.0 Å². The van der Waals surface area contributed by atoms with E-state index in [2.05, 4.69) is 34.6 Å². The van der Waals surface area contributed by atoms with Gasteiger partial charge in [0, 0.05) is 18.7 Å². The number of rotatable bonds is 5. The lowest BCUT2D eigenvalue weighted by molar-refractivity contribution is -0.119. The number of carbonyl (C=O) groups is 1. The molecule has 0 aliphatic heterocycles. The number of amides is 1. The Morgan fingerprint density at radius 1 is 1.16 bits per heavy atom. The molecule has 1 fully saturated rings. The summed E-state index contributed by atoms with van der Waals surface area (Å²) in [4.78, 5) is 12.2. The molecule has 0 atom stereocenters. The van der Waals surface area contributed by atoms with Crippen molar-refractivity contribution in [1.29, 1.82) is 0 Å². The van der Waals surface area contributed by atoms with Crippen molar-refractivity contribution in [2.45, 2.75) is 56.6 Å². The molecule has 1 aliphatic carbocycles. The largest absolute Gasteiger partial charge is 0.353 e. The van der Waals surface area contributed by atoms with Crippen molar-refractivity contribution < 1.29 is 4.79 Å². The summed E-state index contributed by atoms with van der Waals surface area (Å²) in [5, 5.41) is 12.5. The number of thioether (sulfide) groups is 1. The van der Waals surface area contributed by atoms with Gasteiger partial charge in [0.1, 0.15) is 0 Å². The van der Waals surface area contributed by atoms with E-state index in [4.69, 9.17) is 0 Å². The van der Waals surface area contributed by atoms with Crippen LogP contribution in [0.25, 0.3) is 11.4 Å². The third-order valence-electron chi connectivity index (χ3n) is 4.70. The molecule has 0 unspecified atom stereocenters. The second-order valence-electron chi connectivity index (χ2n) is 6.78. The van der Waals surface area contributed by atoms with Crippen LogP contribution in [-0.4, -0.2) is 32.5 Å².